The molecule has 1 heterocycles. The molecule has 0 aliphatic rings. The van der Waals surface area contributed by atoms with E-state index in [0.717, 1.165) is 11.3 Å². The van der Waals surface area contributed by atoms with Crippen molar-refractivity contribution in [2.24, 2.45) is 0 Å². The first-order valence-electron chi connectivity index (χ1n) is 14.1. The monoisotopic (exact) mass is 630 g/mol. The van der Waals surface area contributed by atoms with E-state index in [-0.39, 0.29) is 27.8 Å². The molecule has 0 saturated carbocycles. The van der Waals surface area contributed by atoms with Gasteiger partial charge in [-0.25, -0.2) is 9.24 Å². The lowest BCUT2D eigenvalue weighted by atomic mass is 10.1. The first kappa shape index (κ1) is 33.8. The second kappa shape index (κ2) is 12.1. The van der Waals surface area contributed by atoms with Gasteiger partial charge in [-0.05, 0) is 79.9 Å². The Morgan fingerprint density at radius 2 is 1.62 bits per heavy atom. The number of nitrogens with one attached hydrogen (secondary N) is 1. The summed E-state index contributed by atoms with van der Waals surface area (Å²) in [5.41, 5.74) is 2.41. The molecule has 2 atom stereocenters. The molecule has 42 heavy (non-hydrogen) atoms. The Kier molecular flexibility index (Phi) is 9.74. The topological polar surface area (TPSA) is 73.8 Å². The van der Waals surface area contributed by atoms with Crippen LogP contribution in [0.4, 0.5) is 15.8 Å². The second-order valence-electron chi connectivity index (χ2n) is 13.8. The summed E-state index contributed by atoms with van der Waals surface area (Å²) in [6, 6.07) is 7.57. The molecule has 0 spiro atoms. The Labute approximate surface area is 257 Å². The van der Waals surface area contributed by atoms with E-state index >= 15 is 0 Å². The van der Waals surface area contributed by atoms with E-state index < -0.39 is 28.5 Å². The smallest absolute Gasteiger partial charge is 0.250 e. The lowest BCUT2D eigenvalue weighted by Gasteiger charge is -2.40. The maximum Gasteiger partial charge on any atom is 0.250 e. The largest absolute Gasteiger partial charge is 0.542 e. The number of aromatic nitrogens is 2. The molecule has 0 saturated heterocycles. The highest BCUT2D eigenvalue weighted by atomic mass is 35.5. The van der Waals surface area contributed by atoms with Gasteiger partial charge in [0.2, 0.25) is 17.5 Å². The van der Waals surface area contributed by atoms with E-state index in [0.29, 0.717) is 22.2 Å². The molecule has 3 rings (SSSR count). The molecule has 0 aliphatic carbocycles. The zero-order valence-electron chi connectivity index (χ0n) is 26.9. The van der Waals surface area contributed by atoms with E-state index in [9.17, 15) is 4.39 Å². The Morgan fingerprint density at radius 1 is 1.00 bits per heavy atom. The molecule has 0 amide bonds. The van der Waals surface area contributed by atoms with E-state index in [1.165, 1.54) is 6.07 Å². The van der Waals surface area contributed by atoms with Gasteiger partial charge in [0, 0.05) is 11.3 Å². The summed E-state index contributed by atoms with van der Waals surface area (Å²) in [5.74, 6) is 0.300. The lowest BCUT2D eigenvalue weighted by molar-refractivity contribution is 0.166. The summed E-state index contributed by atoms with van der Waals surface area (Å²) in [7, 11) is -4.47. The van der Waals surface area contributed by atoms with Crippen molar-refractivity contribution < 1.29 is 17.7 Å². The molecule has 1 unspecified atom stereocenters. The lowest BCUT2D eigenvalue weighted by Crippen LogP contribution is -2.45. The van der Waals surface area contributed by atoms with Crippen LogP contribution in [0.5, 0.6) is 5.75 Å². The number of rotatable bonds is 9. The van der Waals surface area contributed by atoms with Crippen molar-refractivity contribution in [1.82, 2.24) is 10.2 Å². The predicted molar refractivity (Wildman–Crippen MR) is 174 cm³/mol. The van der Waals surface area contributed by atoms with Crippen molar-refractivity contribution in [1.29, 1.82) is 0 Å². The minimum absolute atomic E-state index is 0.0169. The minimum Gasteiger partial charge on any atom is -0.542 e. The minimum atomic E-state index is -2.29. The average molecular weight is 631 g/mol. The van der Waals surface area contributed by atoms with Crippen LogP contribution < -0.4 is 9.74 Å². The first-order chi connectivity index (χ1) is 19.2. The number of halogens is 2. The van der Waals surface area contributed by atoms with Gasteiger partial charge in [-0.15, -0.1) is 10.2 Å². The molecule has 0 fully saturated rings. The molecular weight excluding hydrogens is 587 g/mol. The molecular formula is C31H44ClFN4O3Si2. The van der Waals surface area contributed by atoms with Gasteiger partial charge in [-0.1, -0.05) is 59.2 Å². The Bertz CT molecular complexity index is 1470. The maximum atomic E-state index is 14.8. The SMILES string of the molecule is [C-]#[N+]c1ccc(NC(c2nnc(-c3ccc(F)c(O[Si](C)(C)C(C)(C)C)c3)o2)[C@H](C)O[Si](C)(C)C(C)(C)C)c(C)c1Cl. The van der Waals surface area contributed by atoms with Crippen molar-refractivity contribution in [3.8, 4) is 17.2 Å². The normalized spacial score (nSPS) is 14.3. The van der Waals surface area contributed by atoms with Gasteiger partial charge < -0.3 is 18.6 Å². The van der Waals surface area contributed by atoms with Crippen LogP contribution in [0.25, 0.3) is 16.3 Å². The van der Waals surface area contributed by atoms with Crippen LogP contribution in [0.2, 0.25) is 41.3 Å². The molecule has 3 aromatic rings. The fourth-order valence-corrected chi connectivity index (χ4v) is 6.43. The Hall–Kier alpha value is -2.72. The van der Waals surface area contributed by atoms with Gasteiger partial charge in [-0.2, -0.15) is 0 Å². The molecule has 7 nitrogen and oxygen atoms in total. The van der Waals surface area contributed by atoms with Crippen molar-refractivity contribution in [3.63, 3.8) is 0 Å². The molecule has 228 valence electrons. The van der Waals surface area contributed by atoms with E-state index in [4.69, 9.17) is 31.4 Å². The molecule has 0 aliphatic heterocycles. The van der Waals surface area contributed by atoms with E-state index in [2.05, 4.69) is 88.1 Å². The van der Waals surface area contributed by atoms with Gasteiger partial charge in [0.05, 0.1) is 17.7 Å². The number of benzene rings is 2. The quantitative estimate of drug-likeness (QED) is 0.187. The standard InChI is InChI=1S/C31H44ClFN4O3Si2/c1-19-23(16-17-24(34-9)26(19)32)35-27(20(2)39-41(10,11)30(3,4)5)29-37-36-28(38-29)21-14-15-22(33)25(18-21)40-42(12,13)31(6,7)8/h14-18,20,27,35H,1-8,10-13H3/t20-,27?/m0/s1. The number of anilines is 1. The third-order valence-electron chi connectivity index (χ3n) is 8.61. The van der Waals surface area contributed by atoms with Crippen molar-refractivity contribution >= 4 is 39.6 Å². The number of nitrogens with zero attached hydrogens (tertiary/aromatic N) is 3. The van der Waals surface area contributed by atoms with Gasteiger partial charge >= 0.3 is 0 Å². The maximum absolute atomic E-state index is 14.8. The molecule has 0 radical (unpaired) electrons. The van der Waals surface area contributed by atoms with Crippen LogP contribution in [0, 0.1) is 19.3 Å². The van der Waals surface area contributed by atoms with Crippen LogP contribution >= 0.6 is 11.6 Å². The second-order valence-corrected chi connectivity index (χ2v) is 23.7. The van der Waals surface area contributed by atoms with Crippen molar-refractivity contribution in [2.45, 2.75) is 104 Å². The predicted octanol–water partition coefficient (Wildman–Crippen LogP) is 10.3. The Balaban J connectivity index is 2.03. The average Bonchev–Trinajstić information content (AvgIpc) is 3.34. The molecule has 2 aromatic carbocycles. The molecule has 1 aromatic heterocycles. The van der Waals surface area contributed by atoms with Gasteiger partial charge in [0.1, 0.15) is 11.8 Å². The van der Waals surface area contributed by atoms with Crippen LogP contribution in [0.1, 0.15) is 66.0 Å². The van der Waals surface area contributed by atoms with Crippen molar-refractivity contribution in [3.05, 3.63) is 64.0 Å². The van der Waals surface area contributed by atoms with Crippen molar-refractivity contribution in [2.75, 3.05) is 5.32 Å². The zero-order chi connectivity index (χ0) is 31.8. The van der Waals surface area contributed by atoms with Gasteiger partial charge in [0.25, 0.3) is 8.32 Å². The number of hydrogen-bond donors (Lipinski definition) is 1. The molecule has 11 heteroatoms. The fourth-order valence-electron chi connectivity index (χ4n) is 3.79. The van der Waals surface area contributed by atoms with Crippen LogP contribution in [-0.2, 0) is 4.43 Å². The van der Waals surface area contributed by atoms with Gasteiger partial charge in [0.15, 0.2) is 14.1 Å². The zero-order valence-corrected chi connectivity index (χ0v) is 29.6. The summed E-state index contributed by atoms with van der Waals surface area (Å²) >= 11 is 6.49. The highest BCUT2D eigenvalue weighted by molar-refractivity contribution is 6.75. The van der Waals surface area contributed by atoms with E-state index in [1.807, 2.05) is 19.9 Å². The third kappa shape index (κ3) is 7.25. The Morgan fingerprint density at radius 3 is 2.19 bits per heavy atom. The van der Waals surface area contributed by atoms with Crippen LogP contribution in [0.15, 0.2) is 34.7 Å². The van der Waals surface area contributed by atoms with E-state index in [1.54, 1.807) is 18.2 Å². The summed E-state index contributed by atoms with van der Waals surface area (Å²) in [5, 5.41) is 12.5. The molecule has 1 N–H and O–H groups in total. The highest BCUT2D eigenvalue weighted by Crippen LogP contribution is 2.42. The van der Waals surface area contributed by atoms with Crippen LogP contribution in [0.3, 0.4) is 0 Å². The summed E-state index contributed by atoms with van der Waals surface area (Å²) < 4.78 is 34.1. The first-order valence-corrected chi connectivity index (χ1v) is 20.3. The summed E-state index contributed by atoms with van der Waals surface area (Å²) in [6.45, 7) is 32.6. The number of hydrogen-bond acceptors (Lipinski definition) is 6. The highest BCUT2D eigenvalue weighted by Gasteiger charge is 2.41. The van der Waals surface area contributed by atoms with Gasteiger partial charge in [-0.3, -0.25) is 0 Å². The summed E-state index contributed by atoms with van der Waals surface area (Å²) in [4.78, 5) is 3.50. The fraction of sp³-hybridized carbons (Fsp3) is 0.516. The molecule has 0 bridgehead atoms. The third-order valence-corrected chi connectivity index (χ3v) is 18.0. The summed E-state index contributed by atoms with van der Waals surface area (Å²) in [6.07, 6.45) is -0.358. The van der Waals surface area contributed by atoms with Crippen LogP contribution in [-0.4, -0.2) is 32.9 Å².